The molecule has 0 bridgehead atoms. The molecule has 3 N–H and O–H groups in total. The van der Waals surface area contributed by atoms with Gasteiger partial charge in [0.1, 0.15) is 11.5 Å². The smallest absolute Gasteiger partial charge is 0.417 e. The molecule has 0 saturated heterocycles. The average molecular weight is 300 g/mol. The summed E-state index contributed by atoms with van der Waals surface area (Å²) < 4.78 is 10.1. The molecule has 0 unspecified atom stereocenters. The van der Waals surface area contributed by atoms with E-state index in [4.69, 9.17) is 15.2 Å². The van der Waals surface area contributed by atoms with Crippen molar-refractivity contribution in [1.29, 1.82) is 0 Å². The van der Waals surface area contributed by atoms with E-state index in [1.54, 1.807) is 55.6 Å². The SMILES string of the molecule is COc1ccc(OC(=O)Nc2cccc(C(=O)CN)c2)cc1. The van der Waals surface area contributed by atoms with Gasteiger partial charge in [-0.05, 0) is 36.4 Å². The number of carbonyl (C=O) groups excluding carboxylic acids is 2. The van der Waals surface area contributed by atoms with Crippen LogP contribution < -0.4 is 20.5 Å². The Morgan fingerprint density at radius 3 is 2.41 bits per heavy atom. The van der Waals surface area contributed by atoms with E-state index < -0.39 is 6.09 Å². The Labute approximate surface area is 127 Å². The van der Waals surface area contributed by atoms with E-state index in [2.05, 4.69) is 5.32 Å². The number of ketones is 1. The maximum Gasteiger partial charge on any atom is 0.417 e. The maximum absolute atomic E-state index is 11.8. The van der Waals surface area contributed by atoms with Crippen molar-refractivity contribution in [1.82, 2.24) is 0 Å². The first-order valence-corrected chi connectivity index (χ1v) is 6.58. The summed E-state index contributed by atoms with van der Waals surface area (Å²) in [5.41, 5.74) is 6.20. The van der Waals surface area contributed by atoms with Gasteiger partial charge in [-0.15, -0.1) is 0 Å². The molecular weight excluding hydrogens is 284 g/mol. The van der Waals surface area contributed by atoms with E-state index in [9.17, 15) is 9.59 Å². The molecule has 0 saturated carbocycles. The van der Waals surface area contributed by atoms with Crippen LogP contribution in [0.3, 0.4) is 0 Å². The lowest BCUT2D eigenvalue weighted by atomic mass is 10.1. The number of hydrogen-bond acceptors (Lipinski definition) is 5. The van der Waals surface area contributed by atoms with Crippen LogP contribution in [0.1, 0.15) is 10.4 Å². The molecule has 2 rings (SSSR count). The summed E-state index contributed by atoms with van der Waals surface area (Å²) >= 11 is 0. The zero-order chi connectivity index (χ0) is 15.9. The maximum atomic E-state index is 11.8. The van der Waals surface area contributed by atoms with E-state index in [-0.39, 0.29) is 12.3 Å². The minimum atomic E-state index is -0.650. The molecule has 114 valence electrons. The van der Waals surface area contributed by atoms with E-state index in [0.717, 1.165) is 0 Å². The average Bonchev–Trinajstić information content (AvgIpc) is 2.55. The van der Waals surface area contributed by atoms with Gasteiger partial charge in [-0.2, -0.15) is 0 Å². The molecule has 0 atom stereocenters. The van der Waals surface area contributed by atoms with Crippen LogP contribution in [-0.4, -0.2) is 25.5 Å². The molecule has 0 aliphatic carbocycles. The highest BCUT2D eigenvalue weighted by atomic mass is 16.6. The second-order valence-corrected chi connectivity index (χ2v) is 4.40. The fraction of sp³-hybridized carbons (Fsp3) is 0.125. The van der Waals surface area contributed by atoms with Crippen LogP contribution in [0.4, 0.5) is 10.5 Å². The predicted molar refractivity (Wildman–Crippen MR) is 82.5 cm³/mol. The van der Waals surface area contributed by atoms with E-state index >= 15 is 0 Å². The highest BCUT2D eigenvalue weighted by molar-refractivity contribution is 5.99. The van der Waals surface area contributed by atoms with Crippen LogP contribution in [-0.2, 0) is 0 Å². The van der Waals surface area contributed by atoms with Gasteiger partial charge in [0.05, 0.1) is 13.7 Å². The second-order valence-electron chi connectivity index (χ2n) is 4.40. The van der Waals surface area contributed by atoms with Crippen molar-refractivity contribution in [3.05, 3.63) is 54.1 Å². The van der Waals surface area contributed by atoms with Crippen LogP contribution in [0.25, 0.3) is 0 Å². The lowest BCUT2D eigenvalue weighted by molar-refractivity contribution is 0.100. The Kier molecular flexibility index (Phi) is 5.11. The molecule has 0 aliphatic heterocycles. The van der Waals surface area contributed by atoms with Gasteiger partial charge in [0, 0.05) is 11.3 Å². The zero-order valence-electron chi connectivity index (χ0n) is 12.0. The summed E-state index contributed by atoms with van der Waals surface area (Å²) in [6, 6.07) is 13.1. The highest BCUT2D eigenvalue weighted by Gasteiger charge is 2.08. The molecule has 0 aromatic heterocycles. The van der Waals surface area contributed by atoms with Crippen molar-refractivity contribution in [2.24, 2.45) is 5.73 Å². The zero-order valence-corrected chi connectivity index (χ0v) is 12.0. The molecule has 22 heavy (non-hydrogen) atoms. The molecular formula is C16H16N2O4. The normalized spacial score (nSPS) is 9.91. The Morgan fingerprint density at radius 1 is 1.09 bits per heavy atom. The number of nitrogens with two attached hydrogens (primary N) is 1. The fourth-order valence-electron chi connectivity index (χ4n) is 1.78. The number of anilines is 1. The standard InChI is InChI=1S/C16H16N2O4/c1-21-13-5-7-14(8-6-13)22-16(20)18-12-4-2-3-11(9-12)15(19)10-17/h2-9H,10,17H2,1H3,(H,18,20). The van der Waals surface area contributed by atoms with E-state index in [0.29, 0.717) is 22.7 Å². The summed E-state index contributed by atoms with van der Waals surface area (Å²) in [4.78, 5) is 23.3. The van der Waals surface area contributed by atoms with Gasteiger partial charge in [-0.25, -0.2) is 4.79 Å². The molecule has 0 radical (unpaired) electrons. The molecule has 2 aromatic rings. The molecule has 0 aliphatic rings. The number of rotatable bonds is 5. The lowest BCUT2D eigenvalue weighted by Gasteiger charge is -2.08. The topological polar surface area (TPSA) is 90.6 Å². The number of hydrogen-bond donors (Lipinski definition) is 2. The molecule has 6 heteroatoms. The largest absolute Gasteiger partial charge is 0.497 e. The molecule has 6 nitrogen and oxygen atoms in total. The van der Waals surface area contributed by atoms with Crippen LogP contribution in [0.2, 0.25) is 0 Å². The number of carbonyl (C=O) groups is 2. The predicted octanol–water partition coefficient (Wildman–Crippen LogP) is 2.45. The molecule has 0 heterocycles. The van der Waals surface area contributed by atoms with Crippen molar-refractivity contribution in [3.8, 4) is 11.5 Å². The Balaban J connectivity index is 2.00. The number of Topliss-reactive ketones (excluding diaryl/α,β-unsaturated/α-hetero) is 1. The minimum absolute atomic E-state index is 0.0836. The van der Waals surface area contributed by atoms with E-state index in [1.807, 2.05) is 0 Å². The Hall–Kier alpha value is -2.86. The van der Waals surface area contributed by atoms with Crippen molar-refractivity contribution in [2.45, 2.75) is 0 Å². The molecule has 0 spiro atoms. The van der Waals surface area contributed by atoms with Gasteiger partial charge in [-0.3, -0.25) is 10.1 Å². The van der Waals surface area contributed by atoms with Gasteiger partial charge in [0.15, 0.2) is 5.78 Å². The summed E-state index contributed by atoms with van der Waals surface area (Å²) in [5.74, 6) is 0.848. The Bertz CT molecular complexity index is 668. The Morgan fingerprint density at radius 2 is 1.77 bits per heavy atom. The van der Waals surface area contributed by atoms with Gasteiger partial charge in [0.25, 0.3) is 0 Å². The first-order chi connectivity index (χ1) is 10.6. The van der Waals surface area contributed by atoms with Gasteiger partial charge >= 0.3 is 6.09 Å². The van der Waals surface area contributed by atoms with Crippen molar-refractivity contribution < 1.29 is 19.1 Å². The van der Waals surface area contributed by atoms with Gasteiger partial charge < -0.3 is 15.2 Å². The summed E-state index contributed by atoms with van der Waals surface area (Å²) in [6.45, 7) is -0.0836. The molecule has 2 aromatic carbocycles. The van der Waals surface area contributed by atoms with Crippen LogP contribution in [0.15, 0.2) is 48.5 Å². The number of nitrogens with one attached hydrogen (secondary N) is 1. The number of amides is 1. The van der Waals surface area contributed by atoms with Crippen LogP contribution in [0.5, 0.6) is 11.5 Å². The second kappa shape index (κ2) is 7.24. The molecule has 1 amide bonds. The fourth-order valence-corrected chi connectivity index (χ4v) is 1.78. The third kappa shape index (κ3) is 4.07. The number of methoxy groups -OCH3 is 1. The summed E-state index contributed by atoms with van der Waals surface area (Å²) in [5, 5.41) is 2.55. The summed E-state index contributed by atoms with van der Waals surface area (Å²) in [6.07, 6.45) is -0.650. The summed E-state index contributed by atoms with van der Waals surface area (Å²) in [7, 11) is 1.55. The first-order valence-electron chi connectivity index (χ1n) is 6.58. The molecule has 0 fully saturated rings. The van der Waals surface area contributed by atoms with Gasteiger partial charge in [-0.1, -0.05) is 12.1 Å². The van der Waals surface area contributed by atoms with Crippen molar-refractivity contribution in [3.63, 3.8) is 0 Å². The van der Waals surface area contributed by atoms with E-state index in [1.165, 1.54) is 0 Å². The number of benzene rings is 2. The van der Waals surface area contributed by atoms with Crippen LogP contribution >= 0.6 is 0 Å². The first kappa shape index (κ1) is 15.5. The third-order valence-electron chi connectivity index (χ3n) is 2.89. The van der Waals surface area contributed by atoms with Crippen molar-refractivity contribution >= 4 is 17.6 Å². The van der Waals surface area contributed by atoms with Crippen molar-refractivity contribution in [2.75, 3.05) is 19.0 Å². The number of ether oxygens (including phenoxy) is 2. The monoisotopic (exact) mass is 300 g/mol. The quantitative estimate of drug-likeness (QED) is 0.828. The lowest BCUT2D eigenvalue weighted by Crippen LogP contribution is -2.18. The minimum Gasteiger partial charge on any atom is -0.497 e. The van der Waals surface area contributed by atoms with Gasteiger partial charge in [0.2, 0.25) is 0 Å². The highest BCUT2D eigenvalue weighted by Crippen LogP contribution is 2.18. The van der Waals surface area contributed by atoms with Crippen LogP contribution in [0, 0.1) is 0 Å². The third-order valence-corrected chi connectivity index (χ3v) is 2.89.